The molecular formula is C30H35F6N5O. The van der Waals surface area contributed by atoms with E-state index in [9.17, 15) is 31.1 Å². The highest BCUT2D eigenvalue weighted by molar-refractivity contribution is 5.94. The van der Waals surface area contributed by atoms with Crippen molar-refractivity contribution in [3.63, 3.8) is 0 Å². The quantitative estimate of drug-likeness (QED) is 0.274. The van der Waals surface area contributed by atoms with E-state index < -0.39 is 35.0 Å². The molecule has 1 aliphatic rings. The molecule has 1 fully saturated rings. The van der Waals surface area contributed by atoms with Gasteiger partial charge in [0.2, 0.25) is 0 Å². The molecule has 1 aliphatic heterocycles. The number of piperazine rings is 1. The van der Waals surface area contributed by atoms with E-state index in [2.05, 4.69) is 9.80 Å². The first-order valence-corrected chi connectivity index (χ1v) is 13.8. The van der Waals surface area contributed by atoms with Crippen molar-refractivity contribution in [2.45, 2.75) is 46.1 Å². The fourth-order valence-electron chi connectivity index (χ4n) is 4.94. The summed E-state index contributed by atoms with van der Waals surface area (Å²) >= 11 is 0. The molecule has 42 heavy (non-hydrogen) atoms. The number of anilines is 1. The molecule has 0 bridgehead atoms. The van der Waals surface area contributed by atoms with Gasteiger partial charge in [0, 0.05) is 43.9 Å². The van der Waals surface area contributed by atoms with Gasteiger partial charge in [-0.15, -0.1) is 0 Å². The average Bonchev–Trinajstić information content (AvgIpc) is 3.25. The second-order valence-corrected chi connectivity index (χ2v) is 11.1. The van der Waals surface area contributed by atoms with Crippen LogP contribution in [0.15, 0.2) is 48.5 Å². The van der Waals surface area contributed by atoms with Crippen LogP contribution in [0, 0.1) is 12.8 Å². The summed E-state index contributed by atoms with van der Waals surface area (Å²) in [5, 5.41) is 4.77. The number of alkyl halides is 6. The molecule has 0 N–H and O–H groups in total. The molecule has 0 saturated carbocycles. The number of aromatic nitrogens is 2. The summed E-state index contributed by atoms with van der Waals surface area (Å²) < 4.78 is 83.4. The Morgan fingerprint density at radius 3 is 2.02 bits per heavy atom. The van der Waals surface area contributed by atoms with Gasteiger partial charge >= 0.3 is 12.4 Å². The molecule has 0 atom stereocenters. The van der Waals surface area contributed by atoms with Crippen LogP contribution < -0.4 is 4.90 Å². The fraction of sp³-hybridized carbons (Fsp3) is 0.467. The number of para-hydroxylation sites is 1. The molecule has 4 rings (SSSR count). The Morgan fingerprint density at radius 1 is 0.929 bits per heavy atom. The third kappa shape index (κ3) is 7.26. The molecule has 0 aliphatic carbocycles. The van der Waals surface area contributed by atoms with Crippen LogP contribution in [0.1, 0.15) is 53.0 Å². The first kappa shape index (κ1) is 31.4. The van der Waals surface area contributed by atoms with Crippen LogP contribution in [0.2, 0.25) is 0 Å². The van der Waals surface area contributed by atoms with E-state index in [0.29, 0.717) is 42.9 Å². The van der Waals surface area contributed by atoms with Gasteiger partial charge in [-0.1, -0.05) is 32.0 Å². The van der Waals surface area contributed by atoms with Crippen LogP contribution >= 0.6 is 0 Å². The van der Waals surface area contributed by atoms with E-state index in [0.717, 1.165) is 24.6 Å². The number of likely N-dealkylation sites (N-methyl/N-ethyl adjacent to an activating group) is 1. The lowest BCUT2D eigenvalue weighted by Gasteiger charge is -2.35. The van der Waals surface area contributed by atoms with Crippen molar-refractivity contribution in [1.29, 1.82) is 0 Å². The smallest absolute Gasteiger partial charge is 0.354 e. The third-order valence-corrected chi connectivity index (χ3v) is 7.41. The number of carbonyl (C=O) groups excluding carboxylic acids is 1. The van der Waals surface area contributed by atoms with Crippen LogP contribution in [0.3, 0.4) is 0 Å². The summed E-state index contributed by atoms with van der Waals surface area (Å²) in [6, 6.07) is 10.5. The van der Waals surface area contributed by atoms with Gasteiger partial charge in [-0.2, -0.15) is 31.4 Å². The highest BCUT2D eigenvalue weighted by atomic mass is 19.4. The first-order valence-electron chi connectivity index (χ1n) is 13.8. The first-order chi connectivity index (χ1) is 19.6. The van der Waals surface area contributed by atoms with Gasteiger partial charge in [-0.05, 0) is 56.6 Å². The predicted octanol–water partition coefficient (Wildman–Crippen LogP) is 6.66. The molecule has 1 saturated heterocycles. The van der Waals surface area contributed by atoms with Gasteiger partial charge in [0.15, 0.2) is 0 Å². The maximum atomic E-state index is 13.8. The average molecular weight is 596 g/mol. The minimum Gasteiger partial charge on any atom is -0.354 e. The van der Waals surface area contributed by atoms with Crippen LogP contribution in [0.25, 0.3) is 5.69 Å². The fourth-order valence-corrected chi connectivity index (χ4v) is 4.94. The predicted molar refractivity (Wildman–Crippen MR) is 149 cm³/mol. The molecule has 228 valence electrons. The molecular weight excluding hydrogens is 560 g/mol. The van der Waals surface area contributed by atoms with Crippen molar-refractivity contribution in [1.82, 2.24) is 19.6 Å². The monoisotopic (exact) mass is 595 g/mol. The summed E-state index contributed by atoms with van der Waals surface area (Å²) in [4.78, 5) is 19.5. The zero-order chi connectivity index (χ0) is 30.8. The SMILES string of the molecule is Cc1nn(-c2ccccc2)c(N2CCN(C)CC2)c1CN(CCC(C)C)C(=O)c1cc(C(F)(F)F)cc(C(F)(F)F)c1. The van der Waals surface area contributed by atoms with Crippen molar-refractivity contribution in [3.05, 3.63) is 76.5 Å². The highest BCUT2D eigenvalue weighted by Gasteiger charge is 2.38. The van der Waals surface area contributed by atoms with Crippen molar-refractivity contribution < 1.29 is 31.1 Å². The normalized spacial score (nSPS) is 15.0. The molecule has 6 nitrogen and oxygen atoms in total. The highest BCUT2D eigenvalue weighted by Crippen LogP contribution is 2.37. The van der Waals surface area contributed by atoms with E-state index in [4.69, 9.17) is 5.10 Å². The molecule has 0 spiro atoms. The van der Waals surface area contributed by atoms with Crippen LogP contribution in [-0.4, -0.2) is 65.3 Å². The Morgan fingerprint density at radius 2 is 1.50 bits per heavy atom. The summed E-state index contributed by atoms with van der Waals surface area (Å²) in [6.07, 6.45) is -9.60. The minimum atomic E-state index is -5.05. The van der Waals surface area contributed by atoms with Crippen molar-refractivity contribution >= 4 is 11.7 Å². The lowest BCUT2D eigenvalue weighted by atomic mass is 10.0. The van der Waals surface area contributed by atoms with Crippen molar-refractivity contribution in [2.75, 3.05) is 44.7 Å². The van der Waals surface area contributed by atoms with E-state index in [-0.39, 0.29) is 25.1 Å². The number of benzene rings is 2. The topological polar surface area (TPSA) is 44.6 Å². The Balaban J connectivity index is 1.80. The molecule has 1 aromatic heterocycles. The Bertz CT molecular complexity index is 1340. The molecule has 0 unspecified atom stereocenters. The van der Waals surface area contributed by atoms with E-state index in [1.807, 2.05) is 51.2 Å². The number of nitrogens with zero attached hydrogens (tertiary/aromatic N) is 5. The lowest BCUT2D eigenvalue weighted by Crippen LogP contribution is -2.45. The number of hydrogen-bond donors (Lipinski definition) is 0. The Labute approximate surface area is 241 Å². The number of hydrogen-bond acceptors (Lipinski definition) is 4. The Kier molecular flexibility index (Phi) is 9.24. The number of aryl methyl sites for hydroxylation is 1. The van der Waals surface area contributed by atoms with E-state index >= 15 is 0 Å². The van der Waals surface area contributed by atoms with Gasteiger partial charge in [-0.25, -0.2) is 4.68 Å². The molecule has 2 aromatic carbocycles. The second kappa shape index (κ2) is 12.4. The number of amides is 1. The van der Waals surface area contributed by atoms with Crippen molar-refractivity contribution in [2.24, 2.45) is 5.92 Å². The van der Waals surface area contributed by atoms with Gasteiger partial charge in [0.05, 0.1) is 29.1 Å². The summed E-state index contributed by atoms with van der Waals surface area (Å²) in [5.41, 5.74) is -1.58. The largest absolute Gasteiger partial charge is 0.416 e. The number of halogens is 6. The van der Waals surface area contributed by atoms with Crippen LogP contribution in [0.4, 0.5) is 32.2 Å². The molecule has 0 radical (unpaired) electrons. The van der Waals surface area contributed by atoms with Gasteiger partial charge in [0.1, 0.15) is 5.82 Å². The van der Waals surface area contributed by atoms with Crippen LogP contribution in [-0.2, 0) is 18.9 Å². The lowest BCUT2D eigenvalue weighted by molar-refractivity contribution is -0.143. The molecule has 12 heteroatoms. The standard InChI is InChI=1S/C30H35F6N5O/c1-20(2)10-11-40(28(42)22-16-23(29(31,32)33)18-24(17-22)30(34,35)36)19-26-21(3)37-41(25-8-6-5-7-9-25)27(26)39-14-12-38(4)13-15-39/h5-9,16-18,20H,10-15,19H2,1-4H3. The summed E-state index contributed by atoms with van der Waals surface area (Å²) in [6.45, 7) is 8.74. The Hall–Kier alpha value is -3.54. The maximum Gasteiger partial charge on any atom is 0.416 e. The molecule has 2 heterocycles. The number of carbonyl (C=O) groups is 1. The second-order valence-electron chi connectivity index (χ2n) is 11.1. The zero-order valence-corrected chi connectivity index (χ0v) is 24.1. The maximum absolute atomic E-state index is 13.8. The zero-order valence-electron chi connectivity index (χ0n) is 24.1. The van der Waals surface area contributed by atoms with Gasteiger partial charge in [-0.3, -0.25) is 4.79 Å². The third-order valence-electron chi connectivity index (χ3n) is 7.41. The number of rotatable bonds is 8. The van der Waals surface area contributed by atoms with Gasteiger partial charge < -0.3 is 14.7 Å². The minimum absolute atomic E-state index is 0.0243. The van der Waals surface area contributed by atoms with E-state index in [1.165, 1.54) is 4.90 Å². The molecule has 1 amide bonds. The molecule has 3 aromatic rings. The summed E-state index contributed by atoms with van der Waals surface area (Å²) in [5.74, 6) is -0.00426. The van der Waals surface area contributed by atoms with Crippen LogP contribution in [0.5, 0.6) is 0 Å². The van der Waals surface area contributed by atoms with Gasteiger partial charge in [0.25, 0.3) is 5.91 Å². The van der Waals surface area contributed by atoms with E-state index in [1.54, 1.807) is 11.6 Å². The summed E-state index contributed by atoms with van der Waals surface area (Å²) in [7, 11) is 2.02. The van der Waals surface area contributed by atoms with Crippen molar-refractivity contribution in [3.8, 4) is 5.69 Å².